The third-order valence-electron chi connectivity index (χ3n) is 7.08. The maximum Gasteiger partial charge on any atom is 0.316 e. The predicted octanol–water partition coefficient (Wildman–Crippen LogP) is 8.32. The monoisotopic (exact) mass is 560 g/mol. The number of nitrogens with zero attached hydrogens (tertiary/aromatic N) is 2. The Morgan fingerprint density at radius 2 is 1.38 bits per heavy atom. The Bertz CT molecular complexity index is 990. The van der Waals surface area contributed by atoms with Gasteiger partial charge in [0, 0.05) is 18.6 Å². The second-order valence-electron chi connectivity index (χ2n) is 10.4. The summed E-state index contributed by atoms with van der Waals surface area (Å²) in [5.74, 6) is -2.25. The molecule has 2 unspecified atom stereocenters. The maximum atomic E-state index is 13.0. The number of nitro benzene ring substituents is 1. The van der Waals surface area contributed by atoms with Gasteiger partial charge >= 0.3 is 17.9 Å². The quantitative estimate of drug-likeness (QED) is 0.0317. The molecule has 224 valence electrons. The number of carbonyl (C=O) groups is 3. The molecule has 1 aromatic carbocycles. The van der Waals surface area contributed by atoms with Crippen molar-refractivity contribution >= 4 is 35.2 Å². The number of benzene rings is 1. The number of non-ortho nitro benzene ring substituents is 1. The molecular weight excluding hydrogens is 512 g/mol. The number of aryl methyl sites for hydroxylation is 1. The first-order valence-corrected chi connectivity index (χ1v) is 14.9. The van der Waals surface area contributed by atoms with Crippen LogP contribution in [0.1, 0.15) is 123 Å². The van der Waals surface area contributed by atoms with Gasteiger partial charge in [-0.15, -0.1) is 0 Å². The average molecular weight is 561 g/mol. The number of esters is 3. The lowest BCUT2D eigenvalue weighted by Gasteiger charge is -2.16. The third-order valence-corrected chi connectivity index (χ3v) is 7.08. The summed E-state index contributed by atoms with van der Waals surface area (Å²) in [7, 11) is 0. The lowest BCUT2D eigenvalue weighted by molar-refractivity contribution is -0.384. The van der Waals surface area contributed by atoms with E-state index in [4.69, 9.17) is 9.47 Å². The summed E-state index contributed by atoms with van der Waals surface area (Å²) in [6, 6.07) is 4.20. The molecule has 0 aliphatic heterocycles. The minimum absolute atomic E-state index is 0.0185. The summed E-state index contributed by atoms with van der Waals surface area (Å²) < 4.78 is 10.8. The summed E-state index contributed by atoms with van der Waals surface area (Å²) in [6.07, 6.45) is 10.7. The van der Waals surface area contributed by atoms with Gasteiger partial charge in [-0.1, -0.05) is 79.1 Å². The number of hydrogen-bond donors (Lipinski definition) is 0. The molecule has 0 aliphatic rings. The van der Waals surface area contributed by atoms with Gasteiger partial charge in [0.05, 0.1) is 28.9 Å². The van der Waals surface area contributed by atoms with Crippen LogP contribution < -0.4 is 0 Å². The minimum atomic E-state index is -0.701. The molecule has 0 saturated carbocycles. The fourth-order valence-electron chi connectivity index (χ4n) is 4.41. The van der Waals surface area contributed by atoms with E-state index in [9.17, 15) is 24.5 Å². The molecule has 0 aliphatic carbocycles. The van der Waals surface area contributed by atoms with Crippen molar-refractivity contribution in [3.63, 3.8) is 0 Å². The van der Waals surface area contributed by atoms with Crippen LogP contribution >= 0.6 is 0 Å². The van der Waals surface area contributed by atoms with Crippen LogP contribution in [0.5, 0.6) is 0 Å². The topological polar surface area (TPSA) is 125 Å². The third kappa shape index (κ3) is 13.3. The first-order chi connectivity index (χ1) is 19.2. The normalized spacial score (nSPS) is 13.0. The fourth-order valence-corrected chi connectivity index (χ4v) is 4.41. The molecule has 40 heavy (non-hydrogen) atoms. The number of hydrogen-bond acceptors (Lipinski definition) is 8. The summed E-state index contributed by atoms with van der Waals surface area (Å²) >= 11 is 0. The summed E-state index contributed by atoms with van der Waals surface area (Å²) in [5.41, 5.74) is 0.850. The van der Waals surface area contributed by atoms with E-state index in [1.54, 1.807) is 6.92 Å². The van der Waals surface area contributed by atoms with E-state index in [0.29, 0.717) is 36.9 Å². The Morgan fingerprint density at radius 3 is 1.85 bits per heavy atom. The van der Waals surface area contributed by atoms with Gasteiger partial charge < -0.3 is 9.47 Å². The van der Waals surface area contributed by atoms with Crippen molar-refractivity contribution in [3.05, 3.63) is 33.9 Å². The second kappa shape index (κ2) is 19.9. The van der Waals surface area contributed by atoms with E-state index in [-0.39, 0.29) is 36.3 Å². The number of aliphatic imine (C=N–C) groups is 1. The Balaban J connectivity index is 2.97. The fraction of sp³-hybridized carbons (Fsp3) is 0.677. The molecule has 1 rings (SSSR count). The van der Waals surface area contributed by atoms with E-state index in [0.717, 1.165) is 51.4 Å². The van der Waals surface area contributed by atoms with Gasteiger partial charge in [-0.2, -0.15) is 0 Å². The zero-order chi connectivity index (χ0) is 29.9. The van der Waals surface area contributed by atoms with Gasteiger partial charge in [0.2, 0.25) is 0 Å². The number of ether oxygens (including phenoxy) is 2. The molecule has 2 atom stereocenters. The molecule has 0 aromatic heterocycles. The SMILES string of the molecule is CCCCCCC(CC)C(=O)OC(=O)CCC(=Nc1ccc([N+](=O)[O-])cc1C)OC(=O)C(CC)CCCCCC. The molecule has 0 fully saturated rings. The molecule has 9 heteroatoms. The highest BCUT2D eigenvalue weighted by Crippen LogP contribution is 2.25. The number of rotatable bonds is 19. The maximum absolute atomic E-state index is 13.0. The van der Waals surface area contributed by atoms with Gasteiger partial charge in [-0.3, -0.25) is 24.5 Å². The van der Waals surface area contributed by atoms with Crippen LogP contribution in [0.15, 0.2) is 23.2 Å². The summed E-state index contributed by atoms with van der Waals surface area (Å²) in [6.45, 7) is 9.76. The van der Waals surface area contributed by atoms with E-state index < -0.39 is 22.8 Å². The van der Waals surface area contributed by atoms with Crippen LogP contribution in [-0.4, -0.2) is 28.7 Å². The first-order valence-electron chi connectivity index (χ1n) is 14.9. The predicted molar refractivity (Wildman–Crippen MR) is 156 cm³/mol. The average Bonchev–Trinajstić information content (AvgIpc) is 2.92. The van der Waals surface area contributed by atoms with Crippen molar-refractivity contribution in [2.75, 3.05) is 0 Å². The van der Waals surface area contributed by atoms with Crippen molar-refractivity contribution in [1.29, 1.82) is 0 Å². The number of carbonyl (C=O) groups excluding carboxylic acids is 3. The van der Waals surface area contributed by atoms with Crippen LogP contribution in [-0.2, 0) is 23.9 Å². The lowest BCUT2D eigenvalue weighted by Crippen LogP contribution is -2.23. The van der Waals surface area contributed by atoms with Crippen molar-refractivity contribution in [1.82, 2.24) is 0 Å². The van der Waals surface area contributed by atoms with Crippen LogP contribution in [0.2, 0.25) is 0 Å². The smallest absolute Gasteiger partial charge is 0.316 e. The molecule has 0 radical (unpaired) electrons. The van der Waals surface area contributed by atoms with Crippen molar-refractivity contribution in [2.24, 2.45) is 16.8 Å². The zero-order valence-electron chi connectivity index (χ0n) is 25.0. The second-order valence-corrected chi connectivity index (χ2v) is 10.4. The standard InChI is InChI=1S/C31H48N2O7/c1-6-10-12-14-16-24(8-3)30(35)39-28(32-27-19-18-26(33(37)38)22-23(27)5)20-21-29(34)40-31(36)25(9-4)17-15-13-11-7-2/h18-19,22,24-25H,6-17,20-21H2,1-5H3. The van der Waals surface area contributed by atoms with Crippen molar-refractivity contribution in [2.45, 2.75) is 125 Å². The number of unbranched alkanes of at least 4 members (excludes halogenated alkanes) is 6. The highest BCUT2D eigenvalue weighted by atomic mass is 16.6. The van der Waals surface area contributed by atoms with Gasteiger partial charge in [0.15, 0.2) is 5.90 Å². The van der Waals surface area contributed by atoms with Gasteiger partial charge in [-0.25, -0.2) is 4.99 Å². The van der Waals surface area contributed by atoms with Crippen molar-refractivity contribution in [3.8, 4) is 0 Å². The molecule has 0 N–H and O–H groups in total. The molecular formula is C31H48N2O7. The largest absolute Gasteiger partial charge is 0.411 e. The van der Waals surface area contributed by atoms with E-state index in [1.165, 1.54) is 18.2 Å². The molecule has 0 bridgehead atoms. The van der Waals surface area contributed by atoms with E-state index in [1.807, 2.05) is 13.8 Å². The van der Waals surface area contributed by atoms with Crippen LogP contribution in [0, 0.1) is 28.9 Å². The van der Waals surface area contributed by atoms with Gasteiger partial charge in [0.1, 0.15) is 0 Å². The first kappa shape index (κ1) is 34.9. The zero-order valence-corrected chi connectivity index (χ0v) is 25.0. The summed E-state index contributed by atoms with van der Waals surface area (Å²) in [4.78, 5) is 53.2. The Kier molecular flexibility index (Phi) is 17.4. The number of nitro groups is 1. The molecule has 0 heterocycles. The Labute approximate surface area is 239 Å². The van der Waals surface area contributed by atoms with E-state index in [2.05, 4.69) is 18.8 Å². The van der Waals surface area contributed by atoms with Gasteiger partial charge in [-0.05, 0) is 44.2 Å². The highest BCUT2D eigenvalue weighted by molar-refractivity contribution is 5.94. The van der Waals surface area contributed by atoms with Crippen LogP contribution in [0.25, 0.3) is 0 Å². The molecule has 1 aromatic rings. The highest BCUT2D eigenvalue weighted by Gasteiger charge is 2.24. The Morgan fingerprint density at radius 1 is 0.825 bits per heavy atom. The molecule has 9 nitrogen and oxygen atoms in total. The Hall–Kier alpha value is -3.10. The van der Waals surface area contributed by atoms with Crippen molar-refractivity contribution < 1.29 is 28.8 Å². The van der Waals surface area contributed by atoms with Gasteiger partial charge in [0.25, 0.3) is 5.69 Å². The van der Waals surface area contributed by atoms with E-state index >= 15 is 0 Å². The van der Waals surface area contributed by atoms with Crippen LogP contribution in [0.3, 0.4) is 0 Å². The minimum Gasteiger partial charge on any atom is -0.411 e. The molecule has 0 amide bonds. The molecule has 0 saturated heterocycles. The van der Waals surface area contributed by atoms with Crippen LogP contribution in [0.4, 0.5) is 11.4 Å². The molecule has 0 spiro atoms. The summed E-state index contributed by atoms with van der Waals surface area (Å²) in [5, 5.41) is 11.1. The lowest BCUT2D eigenvalue weighted by atomic mass is 9.98.